The van der Waals surface area contributed by atoms with Gasteiger partial charge in [-0.25, -0.2) is 9.97 Å². The third kappa shape index (κ3) is 3.06. The molecule has 0 aromatic carbocycles. The SMILES string of the molecule is CC(O)CNc1ncnc(N)c1C(C)C. The zero-order valence-electron chi connectivity index (χ0n) is 9.36. The second-order valence-corrected chi connectivity index (χ2v) is 3.91. The van der Waals surface area contributed by atoms with Gasteiger partial charge in [-0.2, -0.15) is 0 Å². The third-order valence-corrected chi connectivity index (χ3v) is 2.06. The van der Waals surface area contributed by atoms with Gasteiger partial charge in [-0.15, -0.1) is 0 Å². The maximum absolute atomic E-state index is 9.18. The maximum atomic E-state index is 9.18. The lowest BCUT2D eigenvalue weighted by Crippen LogP contribution is -2.18. The average molecular weight is 210 g/mol. The van der Waals surface area contributed by atoms with Gasteiger partial charge in [0.05, 0.1) is 6.10 Å². The molecule has 1 unspecified atom stereocenters. The number of aliphatic hydroxyl groups is 1. The first-order valence-electron chi connectivity index (χ1n) is 5.04. The van der Waals surface area contributed by atoms with Gasteiger partial charge in [0.1, 0.15) is 18.0 Å². The van der Waals surface area contributed by atoms with E-state index >= 15 is 0 Å². The molecule has 1 atom stereocenters. The average Bonchev–Trinajstić information content (AvgIpc) is 2.13. The Morgan fingerprint density at radius 3 is 2.60 bits per heavy atom. The molecule has 1 heterocycles. The summed E-state index contributed by atoms with van der Waals surface area (Å²) in [7, 11) is 0. The smallest absolute Gasteiger partial charge is 0.135 e. The Balaban J connectivity index is 2.91. The van der Waals surface area contributed by atoms with Gasteiger partial charge in [-0.3, -0.25) is 0 Å². The molecule has 0 aliphatic heterocycles. The number of nitrogen functional groups attached to an aromatic ring is 1. The number of rotatable bonds is 4. The van der Waals surface area contributed by atoms with E-state index in [9.17, 15) is 5.11 Å². The molecule has 4 N–H and O–H groups in total. The van der Waals surface area contributed by atoms with E-state index in [1.165, 1.54) is 6.33 Å². The Morgan fingerprint density at radius 2 is 2.07 bits per heavy atom. The molecule has 1 rings (SSSR count). The Labute approximate surface area is 89.7 Å². The van der Waals surface area contributed by atoms with Gasteiger partial charge in [0.2, 0.25) is 0 Å². The maximum Gasteiger partial charge on any atom is 0.135 e. The molecule has 0 amide bonds. The highest BCUT2D eigenvalue weighted by molar-refractivity contribution is 5.56. The topological polar surface area (TPSA) is 84.1 Å². The van der Waals surface area contributed by atoms with E-state index in [2.05, 4.69) is 15.3 Å². The fourth-order valence-corrected chi connectivity index (χ4v) is 1.36. The highest BCUT2D eigenvalue weighted by Gasteiger charge is 2.12. The Bertz CT molecular complexity index is 325. The van der Waals surface area contributed by atoms with Crippen LogP contribution < -0.4 is 11.1 Å². The van der Waals surface area contributed by atoms with Crippen molar-refractivity contribution in [1.29, 1.82) is 0 Å². The van der Waals surface area contributed by atoms with E-state index in [0.717, 1.165) is 5.56 Å². The van der Waals surface area contributed by atoms with E-state index < -0.39 is 6.10 Å². The van der Waals surface area contributed by atoms with Crippen molar-refractivity contribution in [2.24, 2.45) is 0 Å². The fraction of sp³-hybridized carbons (Fsp3) is 0.600. The molecule has 0 aliphatic rings. The van der Waals surface area contributed by atoms with E-state index in [0.29, 0.717) is 18.2 Å². The van der Waals surface area contributed by atoms with Gasteiger partial charge in [-0.05, 0) is 12.8 Å². The monoisotopic (exact) mass is 210 g/mol. The third-order valence-electron chi connectivity index (χ3n) is 2.06. The van der Waals surface area contributed by atoms with Gasteiger partial charge in [-0.1, -0.05) is 13.8 Å². The molecular weight excluding hydrogens is 192 g/mol. The van der Waals surface area contributed by atoms with Crippen LogP contribution in [0.5, 0.6) is 0 Å². The Morgan fingerprint density at radius 1 is 1.40 bits per heavy atom. The van der Waals surface area contributed by atoms with Crippen LogP contribution in [0.4, 0.5) is 11.6 Å². The molecular formula is C10H18N4O. The van der Waals surface area contributed by atoms with Crippen LogP contribution in [0.25, 0.3) is 0 Å². The predicted octanol–water partition coefficient (Wildman–Crippen LogP) is 0.975. The summed E-state index contributed by atoms with van der Waals surface area (Å²) in [5, 5.41) is 12.2. The van der Waals surface area contributed by atoms with Gasteiger partial charge < -0.3 is 16.2 Å². The first-order valence-corrected chi connectivity index (χ1v) is 5.04. The molecule has 0 saturated carbocycles. The second-order valence-electron chi connectivity index (χ2n) is 3.91. The minimum Gasteiger partial charge on any atom is -0.392 e. The molecule has 0 radical (unpaired) electrons. The lowest BCUT2D eigenvalue weighted by molar-refractivity contribution is 0.208. The first-order chi connectivity index (χ1) is 7.02. The van der Waals surface area contributed by atoms with E-state index in [-0.39, 0.29) is 5.92 Å². The fourth-order valence-electron chi connectivity index (χ4n) is 1.36. The summed E-state index contributed by atoms with van der Waals surface area (Å²) in [6, 6.07) is 0. The van der Waals surface area contributed by atoms with Crippen molar-refractivity contribution in [3.05, 3.63) is 11.9 Å². The van der Waals surface area contributed by atoms with Crippen LogP contribution in [0, 0.1) is 0 Å². The Kier molecular flexibility index (Phi) is 3.85. The van der Waals surface area contributed by atoms with Crippen molar-refractivity contribution >= 4 is 11.6 Å². The molecule has 84 valence electrons. The number of hydrogen-bond donors (Lipinski definition) is 3. The second kappa shape index (κ2) is 4.93. The highest BCUT2D eigenvalue weighted by Crippen LogP contribution is 2.25. The van der Waals surface area contributed by atoms with Crippen molar-refractivity contribution in [2.75, 3.05) is 17.6 Å². The number of nitrogens with zero attached hydrogens (tertiary/aromatic N) is 2. The predicted molar refractivity (Wildman–Crippen MR) is 60.7 cm³/mol. The molecule has 5 heteroatoms. The lowest BCUT2D eigenvalue weighted by Gasteiger charge is -2.15. The number of nitrogens with one attached hydrogen (secondary N) is 1. The van der Waals surface area contributed by atoms with Crippen LogP contribution in [0.1, 0.15) is 32.3 Å². The molecule has 0 bridgehead atoms. The lowest BCUT2D eigenvalue weighted by atomic mass is 10.0. The summed E-state index contributed by atoms with van der Waals surface area (Å²) in [6.45, 7) is 6.23. The van der Waals surface area contributed by atoms with Crippen molar-refractivity contribution in [3.8, 4) is 0 Å². The van der Waals surface area contributed by atoms with Crippen LogP contribution in [0.3, 0.4) is 0 Å². The number of hydrogen-bond acceptors (Lipinski definition) is 5. The standard InChI is InChI=1S/C10H18N4O/c1-6(2)8-9(11)13-5-14-10(8)12-4-7(3)15/h5-7,15H,4H2,1-3H3,(H3,11,12,13,14). The molecule has 0 spiro atoms. The van der Waals surface area contributed by atoms with Gasteiger partial charge in [0.15, 0.2) is 0 Å². The molecule has 5 nitrogen and oxygen atoms in total. The van der Waals surface area contributed by atoms with Crippen molar-refractivity contribution in [1.82, 2.24) is 9.97 Å². The van der Waals surface area contributed by atoms with Gasteiger partial charge >= 0.3 is 0 Å². The number of anilines is 2. The van der Waals surface area contributed by atoms with Crippen LogP contribution in [-0.4, -0.2) is 27.7 Å². The Hall–Kier alpha value is -1.36. The molecule has 1 aromatic heterocycles. The molecule has 0 fully saturated rings. The molecule has 15 heavy (non-hydrogen) atoms. The molecule has 1 aromatic rings. The summed E-state index contributed by atoms with van der Waals surface area (Å²) in [5.74, 6) is 1.45. The summed E-state index contributed by atoms with van der Waals surface area (Å²) < 4.78 is 0. The number of aromatic nitrogens is 2. The van der Waals surface area contributed by atoms with Gasteiger partial charge in [0, 0.05) is 12.1 Å². The number of nitrogens with two attached hydrogens (primary N) is 1. The quantitative estimate of drug-likeness (QED) is 0.689. The van der Waals surface area contributed by atoms with Gasteiger partial charge in [0.25, 0.3) is 0 Å². The van der Waals surface area contributed by atoms with Crippen molar-refractivity contribution < 1.29 is 5.11 Å². The highest BCUT2D eigenvalue weighted by atomic mass is 16.3. The zero-order valence-corrected chi connectivity index (χ0v) is 9.36. The summed E-state index contributed by atoms with van der Waals surface area (Å²) in [6.07, 6.45) is 1.01. The molecule has 0 aliphatic carbocycles. The summed E-state index contributed by atoms with van der Waals surface area (Å²) >= 11 is 0. The van der Waals surface area contributed by atoms with Crippen LogP contribution >= 0.6 is 0 Å². The first kappa shape index (κ1) is 11.7. The van der Waals surface area contributed by atoms with E-state index in [1.807, 2.05) is 13.8 Å². The van der Waals surface area contributed by atoms with Crippen molar-refractivity contribution in [3.63, 3.8) is 0 Å². The van der Waals surface area contributed by atoms with E-state index in [4.69, 9.17) is 5.73 Å². The summed E-state index contributed by atoms with van der Waals surface area (Å²) in [5.41, 5.74) is 6.68. The zero-order chi connectivity index (χ0) is 11.4. The van der Waals surface area contributed by atoms with Crippen LogP contribution in [0.15, 0.2) is 6.33 Å². The van der Waals surface area contributed by atoms with Crippen LogP contribution in [0.2, 0.25) is 0 Å². The van der Waals surface area contributed by atoms with Crippen LogP contribution in [-0.2, 0) is 0 Å². The number of aliphatic hydroxyl groups excluding tert-OH is 1. The minimum atomic E-state index is -0.416. The molecule has 0 saturated heterocycles. The normalized spacial score (nSPS) is 12.9. The van der Waals surface area contributed by atoms with E-state index in [1.54, 1.807) is 6.92 Å². The summed E-state index contributed by atoms with van der Waals surface area (Å²) in [4.78, 5) is 8.07. The minimum absolute atomic E-state index is 0.252. The largest absolute Gasteiger partial charge is 0.392 e. The van der Waals surface area contributed by atoms with Crippen molar-refractivity contribution in [2.45, 2.75) is 32.8 Å².